The molecule has 1 atom stereocenters. The van der Waals surface area contributed by atoms with Gasteiger partial charge >= 0.3 is 6.03 Å². The smallest absolute Gasteiger partial charge is 0.322 e. The molecule has 100 valence electrons. The lowest BCUT2D eigenvalue weighted by Gasteiger charge is -2.37. The Morgan fingerprint density at radius 3 is 2.95 bits per heavy atom. The molecule has 4 amide bonds. The molecule has 1 aromatic heterocycles. The third-order valence-electron chi connectivity index (χ3n) is 3.37. The molecule has 0 aromatic carbocycles. The van der Waals surface area contributed by atoms with Gasteiger partial charge in [-0.05, 0) is 24.4 Å². The van der Waals surface area contributed by atoms with Crippen molar-refractivity contribution in [1.29, 1.82) is 0 Å². The van der Waals surface area contributed by atoms with Crippen molar-refractivity contribution < 1.29 is 14.4 Å². The molecule has 2 saturated heterocycles. The van der Waals surface area contributed by atoms with Crippen molar-refractivity contribution in [3.63, 3.8) is 0 Å². The number of carbonyl (C=O) groups excluding carboxylic acids is 3. The van der Waals surface area contributed by atoms with Crippen LogP contribution in [0.5, 0.6) is 0 Å². The first-order chi connectivity index (χ1) is 9.11. The predicted molar refractivity (Wildman–Crippen MR) is 64.5 cm³/mol. The summed E-state index contributed by atoms with van der Waals surface area (Å²) in [6.07, 6.45) is 1.18. The van der Waals surface area contributed by atoms with E-state index in [0.29, 0.717) is 19.4 Å². The van der Waals surface area contributed by atoms with Crippen molar-refractivity contribution in [3.05, 3.63) is 11.1 Å². The number of imide groups is 1. The standard InChI is InChI=1S/C10H11N5O3S/c16-7(6-4-19-14-13-6)15-3-1-2-10(5-15)8(17)11-9(18)12-10/h4H,1-3,5H2,(H2,11,12,17,18). The molecule has 9 heteroatoms. The number of hydrogen-bond acceptors (Lipinski definition) is 6. The number of likely N-dealkylation sites (tertiary alicyclic amines) is 1. The summed E-state index contributed by atoms with van der Waals surface area (Å²) in [6.45, 7) is 0.711. The monoisotopic (exact) mass is 281 g/mol. The van der Waals surface area contributed by atoms with Crippen LogP contribution < -0.4 is 10.6 Å². The van der Waals surface area contributed by atoms with Gasteiger partial charge in [0.25, 0.3) is 11.8 Å². The molecule has 2 aliphatic heterocycles. The van der Waals surface area contributed by atoms with Crippen LogP contribution >= 0.6 is 11.5 Å². The van der Waals surface area contributed by atoms with Gasteiger partial charge < -0.3 is 10.2 Å². The molecule has 0 bridgehead atoms. The zero-order chi connectivity index (χ0) is 13.5. The SMILES string of the molecule is O=C1NC(=O)C2(CCCN(C(=O)c3csnn3)C2)N1. The van der Waals surface area contributed by atoms with Gasteiger partial charge in [0.05, 0.1) is 6.54 Å². The Morgan fingerprint density at radius 2 is 2.32 bits per heavy atom. The van der Waals surface area contributed by atoms with Crippen LogP contribution in [0.25, 0.3) is 0 Å². The zero-order valence-electron chi connectivity index (χ0n) is 9.88. The molecule has 3 rings (SSSR count). The van der Waals surface area contributed by atoms with Gasteiger partial charge in [-0.25, -0.2) is 4.79 Å². The normalized spacial score (nSPS) is 26.4. The topological polar surface area (TPSA) is 104 Å². The second-order valence-corrected chi connectivity index (χ2v) is 5.22. The minimum Gasteiger partial charge on any atom is -0.334 e. The lowest BCUT2D eigenvalue weighted by molar-refractivity contribution is -0.125. The maximum Gasteiger partial charge on any atom is 0.322 e. The number of amides is 4. The van der Waals surface area contributed by atoms with Gasteiger partial charge in [-0.1, -0.05) is 4.49 Å². The minimum absolute atomic E-state index is 0.168. The Bertz CT molecular complexity index is 545. The highest BCUT2D eigenvalue weighted by atomic mass is 32.1. The molecule has 1 spiro atoms. The average molecular weight is 281 g/mol. The summed E-state index contributed by atoms with van der Waals surface area (Å²) in [5, 5.41) is 10.1. The first kappa shape index (κ1) is 12.0. The van der Waals surface area contributed by atoms with E-state index in [1.807, 2.05) is 0 Å². The number of aromatic nitrogens is 2. The largest absolute Gasteiger partial charge is 0.334 e. The highest BCUT2D eigenvalue weighted by Gasteiger charge is 2.49. The minimum atomic E-state index is -0.992. The van der Waals surface area contributed by atoms with Gasteiger partial charge in [-0.3, -0.25) is 14.9 Å². The van der Waals surface area contributed by atoms with E-state index in [-0.39, 0.29) is 24.1 Å². The van der Waals surface area contributed by atoms with Crippen molar-refractivity contribution in [1.82, 2.24) is 25.1 Å². The Labute approximate surface area is 112 Å². The van der Waals surface area contributed by atoms with Crippen molar-refractivity contribution in [3.8, 4) is 0 Å². The Balaban J connectivity index is 1.80. The first-order valence-corrected chi connectivity index (χ1v) is 6.64. The van der Waals surface area contributed by atoms with E-state index >= 15 is 0 Å². The van der Waals surface area contributed by atoms with Crippen LogP contribution in [0.4, 0.5) is 4.79 Å². The number of piperidine rings is 1. The second-order valence-electron chi connectivity index (χ2n) is 4.61. The van der Waals surface area contributed by atoms with Crippen LogP contribution in [0.1, 0.15) is 23.3 Å². The maximum absolute atomic E-state index is 12.2. The quantitative estimate of drug-likeness (QED) is 0.666. The van der Waals surface area contributed by atoms with Crippen molar-refractivity contribution in [2.45, 2.75) is 18.4 Å². The molecule has 8 nitrogen and oxygen atoms in total. The maximum atomic E-state index is 12.2. The summed E-state index contributed by atoms with van der Waals surface area (Å²) in [7, 11) is 0. The molecule has 3 heterocycles. The van der Waals surface area contributed by atoms with Crippen molar-refractivity contribution in [2.75, 3.05) is 13.1 Å². The van der Waals surface area contributed by atoms with Crippen LogP contribution in [0.2, 0.25) is 0 Å². The van der Waals surface area contributed by atoms with Gasteiger partial charge in [0.2, 0.25) is 0 Å². The summed E-state index contributed by atoms with van der Waals surface area (Å²) in [5.74, 6) is -0.631. The summed E-state index contributed by atoms with van der Waals surface area (Å²) < 4.78 is 3.65. The Morgan fingerprint density at radius 1 is 1.47 bits per heavy atom. The van der Waals surface area contributed by atoms with E-state index in [4.69, 9.17) is 0 Å². The summed E-state index contributed by atoms with van der Waals surface area (Å²) in [4.78, 5) is 36.8. The van der Waals surface area contributed by atoms with Gasteiger partial charge in [-0.15, -0.1) is 5.10 Å². The fourth-order valence-corrected chi connectivity index (χ4v) is 2.89. The van der Waals surface area contributed by atoms with Crippen molar-refractivity contribution >= 4 is 29.4 Å². The van der Waals surface area contributed by atoms with E-state index in [2.05, 4.69) is 20.2 Å². The van der Waals surface area contributed by atoms with Crippen LogP contribution in [-0.4, -0.2) is 51.0 Å². The Hall–Kier alpha value is -2.03. The summed E-state index contributed by atoms with van der Waals surface area (Å²) in [5.41, 5.74) is -0.721. The highest BCUT2D eigenvalue weighted by molar-refractivity contribution is 7.03. The van der Waals surface area contributed by atoms with E-state index in [1.165, 1.54) is 4.90 Å². The van der Waals surface area contributed by atoms with Gasteiger partial charge in [0.15, 0.2) is 5.69 Å². The van der Waals surface area contributed by atoms with E-state index in [1.54, 1.807) is 5.38 Å². The Kier molecular flexibility index (Phi) is 2.70. The predicted octanol–water partition coefficient (Wildman–Crippen LogP) is -0.648. The summed E-state index contributed by atoms with van der Waals surface area (Å²) >= 11 is 1.10. The van der Waals surface area contributed by atoms with Gasteiger partial charge in [0, 0.05) is 11.9 Å². The molecule has 2 N–H and O–H groups in total. The van der Waals surface area contributed by atoms with Gasteiger partial charge in [0.1, 0.15) is 5.54 Å². The lowest BCUT2D eigenvalue weighted by Crippen LogP contribution is -2.59. The molecule has 0 saturated carbocycles. The first-order valence-electron chi connectivity index (χ1n) is 5.81. The van der Waals surface area contributed by atoms with Crippen LogP contribution in [0.15, 0.2) is 5.38 Å². The fraction of sp³-hybridized carbons (Fsp3) is 0.500. The fourth-order valence-electron chi connectivity index (χ4n) is 2.46. The van der Waals surface area contributed by atoms with E-state index in [0.717, 1.165) is 11.5 Å². The number of carbonyl (C=O) groups is 3. The molecular weight excluding hydrogens is 270 g/mol. The average Bonchev–Trinajstić information content (AvgIpc) is 2.99. The molecule has 0 radical (unpaired) electrons. The number of urea groups is 1. The molecular formula is C10H11N5O3S. The molecule has 1 aromatic rings. The van der Waals surface area contributed by atoms with Crippen LogP contribution in [-0.2, 0) is 4.79 Å². The molecule has 2 fully saturated rings. The number of hydrogen-bond donors (Lipinski definition) is 2. The third-order valence-corrected chi connectivity index (χ3v) is 3.88. The van der Waals surface area contributed by atoms with Crippen molar-refractivity contribution in [2.24, 2.45) is 0 Å². The van der Waals surface area contributed by atoms with E-state index in [9.17, 15) is 14.4 Å². The molecule has 1 unspecified atom stereocenters. The number of nitrogens with one attached hydrogen (secondary N) is 2. The highest BCUT2D eigenvalue weighted by Crippen LogP contribution is 2.25. The second kappa shape index (κ2) is 4.26. The van der Waals surface area contributed by atoms with Crippen LogP contribution in [0, 0.1) is 0 Å². The van der Waals surface area contributed by atoms with E-state index < -0.39 is 11.6 Å². The number of rotatable bonds is 1. The molecule has 19 heavy (non-hydrogen) atoms. The third kappa shape index (κ3) is 1.95. The summed E-state index contributed by atoms with van der Waals surface area (Å²) in [6, 6.07) is -0.505. The lowest BCUT2D eigenvalue weighted by atomic mass is 9.89. The molecule has 2 aliphatic rings. The van der Waals surface area contributed by atoms with Crippen LogP contribution in [0.3, 0.4) is 0 Å². The van der Waals surface area contributed by atoms with Gasteiger partial charge in [-0.2, -0.15) is 0 Å². The number of nitrogens with zero attached hydrogens (tertiary/aromatic N) is 3. The zero-order valence-corrected chi connectivity index (χ0v) is 10.7. The molecule has 0 aliphatic carbocycles.